The van der Waals surface area contributed by atoms with Crippen molar-refractivity contribution in [1.82, 2.24) is 0 Å². The molecule has 0 radical (unpaired) electrons. The molecule has 2 heteroatoms. The lowest BCUT2D eigenvalue weighted by molar-refractivity contribution is 0.259. The van der Waals surface area contributed by atoms with E-state index in [0.29, 0.717) is 5.92 Å². The monoisotopic (exact) mass is 231 g/mol. The first-order valence-electron chi connectivity index (χ1n) is 6.69. The number of benzene rings is 1. The molecule has 92 valence electrons. The summed E-state index contributed by atoms with van der Waals surface area (Å²) in [5, 5.41) is 0. The zero-order valence-corrected chi connectivity index (χ0v) is 10.5. The molecule has 2 N–H and O–H groups in total. The van der Waals surface area contributed by atoms with Crippen LogP contribution in [0.4, 0.5) is 0 Å². The van der Waals surface area contributed by atoms with E-state index < -0.39 is 0 Å². The van der Waals surface area contributed by atoms with E-state index in [1.165, 1.54) is 36.8 Å². The van der Waals surface area contributed by atoms with Crippen LogP contribution in [-0.2, 0) is 0 Å². The van der Waals surface area contributed by atoms with E-state index in [-0.39, 0.29) is 5.54 Å². The molecule has 0 aromatic heterocycles. The van der Waals surface area contributed by atoms with E-state index in [4.69, 9.17) is 10.5 Å². The maximum absolute atomic E-state index is 6.18. The number of aryl methyl sites for hydroxylation is 1. The van der Waals surface area contributed by atoms with Crippen molar-refractivity contribution >= 4 is 0 Å². The van der Waals surface area contributed by atoms with E-state index in [0.717, 1.165) is 18.8 Å². The van der Waals surface area contributed by atoms with Gasteiger partial charge in [0.2, 0.25) is 0 Å². The van der Waals surface area contributed by atoms with Crippen LogP contribution in [-0.4, -0.2) is 12.1 Å². The summed E-state index contributed by atoms with van der Waals surface area (Å²) in [5.74, 6) is 1.74. The standard InChI is InChI=1S/C15H21NO/c1-11-2-3-14-13(10-11)12(5-9-17-14)4-6-15(16)7-8-15/h2-3,10,12H,4-9,16H2,1H3. The summed E-state index contributed by atoms with van der Waals surface area (Å²) in [7, 11) is 0. The molecule has 0 bridgehead atoms. The average Bonchev–Trinajstić information content (AvgIpc) is 3.05. The minimum absolute atomic E-state index is 0.183. The minimum atomic E-state index is 0.183. The Labute approximate surface area is 103 Å². The van der Waals surface area contributed by atoms with Gasteiger partial charge in [-0.3, -0.25) is 0 Å². The van der Waals surface area contributed by atoms with Gasteiger partial charge in [-0.05, 0) is 56.6 Å². The number of hydrogen-bond donors (Lipinski definition) is 1. The fourth-order valence-corrected chi connectivity index (χ4v) is 2.76. The smallest absolute Gasteiger partial charge is 0.122 e. The predicted molar refractivity (Wildman–Crippen MR) is 69.4 cm³/mol. The highest BCUT2D eigenvalue weighted by atomic mass is 16.5. The van der Waals surface area contributed by atoms with Crippen molar-refractivity contribution in [1.29, 1.82) is 0 Å². The van der Waals surface area contributed by atoms with Crippen LogP contribution in [0.1, 0.15) is 49.1 Å². The van der Waals surface area contributed by atoms with Crippen LogP contribution in [0.5, 0.6) is 5.75 Å². The van der Waals surface area contributed by atoms with Crippen LogP contribution in [0.2, 0.25) is 0 Å². The first-order valence-corrected chi connectivity index (χ1v) is 6.69. The Balaban J connectivity index is 1.76. The summed E-state index contributed by atoms with van der Waals surface area (Å²) in [4.78, 5) is 0. The third kappa shape index (κ3) is 2.32. The van der Waals surface area contributed by atoms with Crippen LogP contribution < -0.4 is 10.5 Å². The van der Waals surface area contributed by atoms with Crippen molar-refractivity contribution in [3.63, 3.8) is 0 Å². The van der Waals surface area contributed by atoms with E-state index in [2.05, 4.69) is 25.1 Å². The molecule has 1 fully saturated rings. The number of ether oxygens (including phenoxy) is 1. The topological polar surface area (TPSA) is 35.2 Å². The lowest BCUT2D eigenvalue weighted by Gasteiger charge is -2.27. The second-order valence-electron chi connectivity index (χ2n) is 5.78. The largest absolute Gasteiger partial charge is 0.493 e. The Morgan fingerprint density at radius 1 is 1.41 bits per heavy atom. The van der Waals surface area contributed by atoms with Gasteiger partial charge in [0, 0.05) is 5.54 Å². The third-order valence-corrected chi connectivity index (χ3v) is 4.21. The minimum Gasteiger partial charge on any atom is -0.493 e. The van der Waals surface area contributed by atoms with Crippen molar-refractivity contribution in [2.45, 2.75) is 50.5 Å². The SMILES string of the molecule is Cc1ccc2c(c1)C(CCC1(N)CC1)CCO2. The van der Waals surface area contributed by atoms with Crippen molar-refractivity contribution in [2.75, 3.05) is 6.61 Å². The van der Waals surface area contributed by atoms with Gasteiger partial charge >= 0.3 is 0 Å². The highest BCUT2D eigenvalue weighted by Gasteiger charge is 2.38. The molecule has 1 aromatic rings. The molecule has 1 aromatic carbocycles. The normalized spacial score (nSPS) is 24.9. The maximum atomic E-state index is 6.18. The summed E-state index contributed by atoms with van der Waals surface area (Å²) >= 11 is 0. The number of rotatable bonds is 3. The number of fused-ring (bicyclic) bond motifs is 1. The van der Waals surface area contributed by atoms with Crippen LogP contribution in [0, 0.1) is 6.92 Å². The molecule has 0 amide bonds. The van der Waals surface area contributed by atoms with Crippen molar-refractivity contribution < 1.29 is 4.74 Å². The van der Waals surface area contributed by atoms with E-state index >= 15 is 0 Å². The van der Waals surface area contributed by atoms with Gasteiger partial charge < -0.3 is 10.5 Å². The maximum Gasteiger partial charge on any atom is 0.122 e. The summed E-state index contributed by atoms with van der Waals surface area (Å²) in [5.41, 5.74) is 9.10. The summed E-state index contributed by atoms with van der Waals surface area (Å²) < 4.78 is 5.73. The molecule has 0 saturated heterocycles. The van der Waals surface area contributed by atoms with Gasteiger partial charge in [0.05, 0.1) is 6.61 Å². The molecule has 3 rings (SSSR count). The first-order chi connectivity index (χ1) is 8.16. The van der Waals surface area contributed by atoms with Gasteiger partial charge in [0.1, 0.15) is 5.75 Å². The van der Waals surface area contributed by atoms with Crippen LogP contribution in [0.3, 0.4) is 0 Å². The van der Waals surface area contributed by atoms with E-state index in [9.17, 15) is 0 Å². The fourth-order valence-electron chi connectivity index (χ4n) is 2.76. The van der Waals surface area contributed by atoms with Gasteiger partial charge in [-0.2, -0.15) is 0 Å². The van der Waals surface area contributed by atoms with Gasteiger partial charge in [-0.1, -0.05) is 17.7 Å². The summed E-state index contributed by atoms with van der Waals surface area (Å²) in [6, 6.07) is 6.54. The third-order valence-electron chi connectivity index (χ3n) is 4.21. The lowest BCUT2D eigenvalue weighted by Crippen LogP contribution is -2.23. The van der Waals surface area contributed by atoms with Crippen molar-refractivity contribution in [3.05, 3.63) is 29.3 Å². The molecule has 1 heterocycles. The Hall–Kier alpha value is -1.02. The zero-order chi connectivity index (χ0) is 11.9. The van der Waals surface area contributed by atoms with Crippen LogP contribution in [0.15, 0.2) is 18.2 Å². The molecule has 2 aliphatic rings. The summed E-state index contributed by atoms with van der Waals surface area (Å²) in [6.07, 6.45) is 5.97. The van der Waals surface area contributed by atoms with Crippen LogP contribution >= 0.6 is 0 Å². The Morgan fingerprint density at radius 3 is 3.00 bits per heavy atom. The van der Waals surface area contributed by atoms with Crippen molar-refractivity contribution in [3.8, 4) is 5.75 Å². The molecule has 2 nitrogen and oxygen atoms in total. The quantitative estimate of drug-likeness (QED) is 0.867. The average molecular weight is 231 g/mol. The predicted octanol–water partition coefficient (Wildman–Crippen LogP) is 3.13. The summed E-state index contributed by atoms with van der Waals surface area (Å²) in [6.45, 7) is 3.01. The van der Waals surface area contributed by atoms with E-state index in [1.807, 2.05) is 0 Å². The fraction of sp³-hybridized carbons (Fsp3) is 0.600. The van der Waals surface area contributed by atoms with Gasteiger partial charge in [0.15, 0.2) is 0 Å². The molecule has 1 unspecified atom stereocenters. The molecule has 1 saturated carbocycles. The first kappa shape index (κ1) is 11.1. The number of hydrogen-bond acceptors (Lipinski definition) is 2. The van der Waals surface area contributed by atoms with E-state index in [1.54, 1.807) is 0 Å². The Morgan fingerprint density at radius 2 is 2.24 bits per heavy atom. The van der Waals surface area contributed by atoms with Crippen LogP contribution in [0.25, 0.3) is 0 Å². The van der Waals surface area contributed by atoms with Crippen molar-refractivity contribution in [2.24, 2.45) is 5.73 Å². The zero-order valence-electron chi connectivity index (χ0n) is 10.5. The highest BCUT2D eigenvalue weighted by molar-refractivity contribution is 5.40. The Bertz CT molecular complexity index is 423. The van der Waals surface area contributed by atoms with Gasteiger partial charge in [-0.15, -0.1) is 0 Å². The molecule has 0 spiro atoms. The highest BCUT2D eigenvalue weighted by Crippen LogP contribution is 2.42. The molecular formula is C15H21NO. The molecule has 1 atom stereocenters. The molecule has 17 heavy (non-hydrogen) atoms. The van der Waals surface area contributed by atoms with Gasteiger partial charge in [-0.25, -0.2) is 0 Å². The second-order valence-corrected chi connectivity index (χ2v) is 5.78. The van der Waals surface area contributed by atoms with Gasteiger partial charge in [0.25, 0.3) is 0 Å². The number of nitrogens with two attached hydrogens (primary N) is 1. The molecule has 1 aliphatic heterocycles. The molecular weight excluding hydrogens is 210 g/mol. The Kier molecular flexibility index (Phi) is 2.62. The lowest BCUT2D eigenvalue weighted by atomic mass is 9.87. The second kappa shape index (κ2) is 4.02. The molecule has 1 aliphatic carbocycles.